The fourth-order valence-electron chi connectivity index (χ4n) is 4.55. The summed E-state index contributed by atoms with van der Waals surface area (Å²) in [4.78, 5) is 16.2. The first-order valence-electron chi connectivity index (χ1n) is 11.1. The van der Waals surface area contributed by atoms with Crippen LogP contribution in [0.3, 0.4) is 0 Å². The summed E-state index contributed by atoms with van der Waals surface area (Å²) < 4.78 is 10.8. The summed E-state index contributed by atoms with van der Waals surface area (Å²) >= 11 is 0. The normalized spacial score (nSPS) is 16.1. The second-order valence-corrected chi connectivity index (χ2v) is 8.18. The predicted molar refractivity (Wildman–Crippen MR) is 124 cm³/mol. The quantitative estimate of drug-likeness (QED) is 0.637. The van der Waals surface area contributed by atoms with Gasteiger partial charge in [-0.05, 0) is 23.8 Å². The zero-order chi connectivity index (χ0) is 21.8. The fraction of sp³-hybridized carbons (Fsp3) is 0.222. The molecule has 3 aromatic carbocycles. The second kappa shape index (κ2) is 9.28. The molecule has 5 nitrogen and oxygen atoms in total. The van der Waals surface area contributed by atoms with E-state index >= 15 is 0 Å². The lowest BCUT2D eigenvalue weighted by atomic mass is 9.96. The van der Waals surface area contributed by atoms with Gasteiger partial charge in [0, 0.05) is 17.2 Å². The van der Waals surface area contributed by atoms with Crippen LogP contribution in [0.25, 0.3) is 6.08 Å². The molecule has 5 heteroatoms. The van der Waals surface area contributed by atoms with Crippen molar-refractivity contribution in [1.29, 1.82) is 0 Å². The summed E-state index contributed by atoms with van der Waals surface area (Å²) in [7, 11) is 0. The van der Waals surface area contributed by atoms with Crippen LogP contribution in [-0.2, 0) is 4.79 Å². The van der Waals surface area contributed by atoms with Gasteiger partial charge in [-0.25, -0.2) is 0 Å². The van der Waals surface area contributed by atoms with Gasteiger partial charge in [-0.1, -0.05) is 66.7 Å². The average Bonchev–Trinajstić information content (AvgIpc) is 3.33. The van der Waals surface area contributed by atoms with Crippen molar-refractivity contribution >= 4 is 12.0 Å². The van der Waals surface area contributed by atoms with Gasteiger partial charge in [0.15, 0.2) is 11.5 Å². The van der Waals surface area contributed by atoms with Gasteiger partial charge >= 0.3 is 0 Å². The Morgan fingerprint density at radius 1 is 0.844 bits per heavy atom. The van der Waals surface area contributed by atoms with Gasteiger partial charge in [-0.3, -0.25) is 4.79 Å². The van der Waals surface area contributed by atoms with E-state index in [1.54, 1.807) is 6.08 Å². The van der Waals surface area contributed by atoms with Crippen molar-refractivity contribution in [3.05, 3.63) is 102 Å². The number of carbonyl (C=O) groups is 1. The van der Waals surface area contributed by atoms with Crippen LogP contribution in [0.1, 0.15) is 22.7 Å². The number of ether oxygens (including phenoxy) is 2. The summed E-state index contributed by atoms with van der Waals surface area (Å²) in [6, 6.07) is 27.3. The van der Waals surface area contributed by atoms with Crippen molar-refractivity contribution < 1.29 is 19.2 Å². The summed E-state index contributed by atoms with van der Waals surface area (Å²) in [6.45, 7) is 3.57. The Kier molecular flexibility index (Phi) is 5.90. The first kappa shape index (κ1) is 20.3. The molecule has 0 aromatic heterocycles. The molecule has 0 saturated carbocycles. The van der Waals surface area contributed by atoms with Gasteiger partial charge in [-0.2, -0.15) is 0 Å². The lowest BCUT2D eigenvalue weighted by Gasteiger charge is -2.36. The van der Waals surface area contributed by atoms with E-state index in [9.17, 15) is 4.79 Å². The van der Waals surface area contributed by atoms with Crippen molar-refractivity contribution in [3.8, 4) is 11.5 Å². The Balaban J connectivity index is 1.25. The molecule has 2 aliphatic rings. The van der Waals surface area contributed by atoms with Gasteiger partial charge in [0.2, 0.25) is 12.7 Å². The maximum Gasteiger partial charge on any atom is 0.246 e. The van der Waals surface area contributed by atoms with Crippen LogP contribution >= 0.6 is 0 Å². The van der Waals surface area contributed by atoms with E-state index in [2.05, 4.69) is 60.7 Å². The molecule has 2 heterocycles. The molecule has 5 rings (SSSR count). The lowest BCUT2D eigenvalue weighted by Crippen LogP contribution is -3.15. The van der Waals surface area contributed by atoms with E-state index in [4.69, 9.17) is 9.47 Å². The lowest BCUT2D eigenvalue weighted by molar-refractivity contribution is -0.929. The molecule has 1 amide bonds. The zero-order valence-corrected chi connectivity index (χ0v) is 17.9. The van der Waals surface area contributed by atoms with Crippen molar-refractivity contribution in [2.45, 2.75) is 6.04 Å². The number of fused-ring (bicyclic) bond motifs is 1. The van der Waals surface area contributed by atoms with Gasteiger partial charge in [0.05, 0.1) is 26.2 Å². The number of quaternary nitrogens is 1. The third kappa shape index (κ3) is 4.39. The number of benzene rings is 3. The molecular weight excluding hydrogens is 400 g/mol. The molecule has 0 bridgehead atoms. The molecule has 0 spiro atoms. The minimum Gasteiger partial charge on any atom is -0.454 e. The van der Waals surface area contributed by atoms with Gasteiger partial charge in [0.1, 0.15) is 6.04 Å². The Hall–Kier alpha value is -3.57. The number of rotatable bonds is 5. The summed E-state index contributed by atoms with van der Waals surface area (Å²) in [6.07, 6.45) is 3.51. The maximum absolute atomic E-state index is 12.8. The third-order valence-electron chi connectivity index (χ3n) is 6.21. The van der Waals surface area contributed by atoms with Crippen LogP contribution < -0.4 is 14.4 Å². The highest BCUT2D eigenvalue weighted by molar-refractivity contribution is 5.91. The molecule has 0 unspecified atom stereocenters. The summed E-state index contributed by atoms with van der Waals surface area (Å²) in [5.41, 5.74) is 3.56. The van der Waals surface area contributed by atoms with E-state index in [-0.39, 0.29) is 18.7 Å². The fourth-order valence-corrected chi connectivity index (χ4v) is 4.55. The first-order chi connectivity index (χ1) is 15.8. The number of hydrogen-bond donors (Lipinski definition) is 1. The SMILES string of the molecule is O=C(/C=C/c1ccc2c(c1)OCO2)N1CC[NH+](C(c2ccccc2)c2ccccc2)CC1. The standard InChI is InChI=1S/C27H26N2O3/c30-26(14-12-21-11-13-24-25(19-21)32-20-31-24)28-15-17-29(18-16-28)27(22-7-3-1-4-8-22)23-9-5-2-6-10-23/h1-14,19,27H,15-18,20H2/p+1/b14-12+. The first-order valence-corrected chi connectivity index (χ1v) is 11.1. The molecule has 1 fully saturated rings. The zero-order valence-electron chi connectivity index (χ0n) is 17.9. The van der Waals surface area contributed by atoms with Crippen LogP contribution in [0.5, 0.6) is 11.5 Å². The minimum absolute atomic E-state index is 0.0534. The highest BCUT2D eigenvalue weighted by Gasteiger charge is 2.30. The smallest absolute Gasteiger partial charge is 0.246 e. The molecule has 3 aromatic rings. The third-order valence-corrected chi connectivity index (χ3v) is 6.21. The van der Waals surface area contributed by atoms with E-state index in [0.717, 1.165) is 43.2 Å². The molecule has 2 aliphatic heterocycles. The monoisotopic (exact) mass is 427 g/mol. The maximum atomic E-state index is 12.8. The van der Waals surface area contributed by atoms with Crippen molar-refractivity contribution in [3.63, 3.8) is 0 Å². The van der Waals surface area contributed by atoms with Crippen LogP contribution in [0, 0.1) is 0 Å². The van der Waals surface area contributed by atoms with Crippen LogP contribution in [-0.4, -0.2) is 43.8 Å². The molecule has 0 radical (unpaired) electrons. The number of hydrogen-bond acceptors (Lipinski definition) is 3. The average molecular weight is 428 g/mol. The van der Waals surface area contributed by atoms with E-state index in [1.807, 2.05) is 29.2 Å². The van der Waals surface area contributed by atoms with Gasteiger partial charge in [-0.15, -0.1) is 0 Å². The Morgan fingerprint density at radius 2 is 1.47 bits per heavy atom. The molecule has 0 aliphatic carbocycles. The Bertz CT molecular complexity index is 1050. The van der Waals surface area contributed by atoms with Crippen LogP contribution in [0.2, 0.25) is 0 Å². The van der Waals surface area contributed by atoms with Crippen LogP contribution in [0.4, 0.5) is 0 Å². The van der Waals surface area contributed by atoms with Crippen LogP contribution in [0.15, 0.2) is 84.9 Å². The van der Waals surface area contributed by atoms with Gasteiger partial charge < -0.3 is 19.3 Å². The molecule has 162 valence electrons. The molecule has 32 heavy (non-hydrogen) atoms. The number of amides is 1. The number of piperazine rings is 1. The predicted octanol–water partition coefficient (Wildman–Crippen LogP) is 2.95. The topological polar surface area (TPSA) is 43.2 Å². The highest BCUT2D eigenvalue weighted by atomic mass is 16.7. The number of nitrogens with zero attached hydrogens (tertiary/aromatic N) is 1. The molecule has 0 atom stereocenters. The van der Waals surface area contributed by atoms with Crippen molar-refractivity contribution in [1.82, 2.24) is 4.90 Å². The molecule has 1 N–H and O–H groups in total. The Labute approximate surface area is 188 Å². The Morgan fingerprint density at radius 3 is 2.12 bits per heavy atom. The van der Waals surface area contributed by atoms with E-state index < -0.39 is 0 Å². The number of nitrogens with one attached hydrogen (secondary N) is 1. The van der Waals surface area contributed by atoms with Gasteiger partial charge in [0.25, 0.3) is 0 Å². The minimum atomic E-state index is 0.0534. The van der Waals surface area contributed by atoms with Crippen molar-refractivity contribution in [2.75, 3.05) is 33.0 Å². The van der Waals surface area contributed by atoms with E-state index in [0.29, 0.717) is 0 Å². The van der Waals surface area contributed by atoms with Crippen molar-refractivity contribution in [2.24, 2.45) is 0 Å². The number of carbonyl (C=O) groups excluding carboxylic acids is 1. The molecular formula is C27H27N2O3+. The summed E-state index contributed by atoms with van der Waals surface area (Å²) in [5.74, 6) is 1.53. The molecule has 1 saturated heterocycles. The second-order valence-electron chi connectivity index (χ2n) is 8.18. The van der Waals surface area contributed by atoms with E-state index in [1.165, 1.54) is 16.0 Å². The highest BCUT2D eigenvalue weighted by Crippen LogP contribution is 2.32. The summed E-state index contributed by atoms with van der Waals surface area (Å²) in [5, 5.41) is 0. The largest absolute Gasteiger partial charge is 0.454 e.